The number of unbranched alkanes of at least 4 members (excludes halogenated alkanes) is 1. The Kier molecular flexibility index (Phi) is 6.49. The average Bonchev–Trinajstić information content (AvgIpc) is 3.26. The smallest absolute Gasteiger partial charge is 0.231 e. The zero-order chi connectivity index (χ0) is 19.2. The van der Waals surface area contributed by atoms with Crippen LogP contribution in [-0.4, -0.2) is 40.0 Å². The van der Waals surface area contributed by atoms with Crippen LogP contribution in [-0.2, 0) is 22.4 Å². The number of aromatic nitrogens is 2. The van der Waals surface area contributed by atoms with Crippen molar-refractivity contribution in [3.63, 3.8) is 0 Å². The Morgan fingerprint density at radius 3 is 2.81 bits per heavy atom. The molecule has 1 fully saturated rings. The predicted octanol–water partition coefficient (Wildman–Crippen LogP) is 3.05. The highest BCUT2D eigenvalue weighted by atomic mass is 32.1. The van der Waals surface area contributed by atoms with Gasteiger partial charge in [0.05, 0.1) is 5.92 Å². The number of aryl methyl sites for hydroxylation is 1. The molecule has 1 aliphatic heterocycles. The standard InChI is InChI=1S/C19H23FN4O2S/c1-2-3-4-16-22-23-19(27-16)21-18(26)14-11-17(25)24(12-14)10-9-13-5-7-15(20)8-6-13/h5-8,14H,2-4,9-12H2,1H3,(H,21,23,26). The van der Waals surface area contributed by atoms with Crippen molar-refractivity contribution in [3.8, 4) is 0 Å². The number of nitrogens with one attached hydrogen (secondary N) is 1. The van der Waals surface area contributed by atoms with Crippen LogP contribution < -0.4 is 5.32 Å². The van der Waals surface area contributed by atoms with Gasteiger partial charge in [-0.25, -0.2) is 4.39 Å². The first-order chi connectivity index (χ1) is 13.0. The molecule has 1 aliphatic rings. The van der Waals surface area contributed by atoms with E-state index in [1.54, 1.807) is 17.0 Å². The van der Waals surface area contributed by atoms with Crippen LogP contribution in [0.3, 0.4) is 0 Å². The molecule has 27 heavy (non-hydrogen) atoms. The van der Waals surface area contributed by atoms with Crippen molar-refractivity contribution < 1.29 is 14.0 Å². The normalized spacial score (nSPS) is 16.7. The van der Waals surface area contributed by atoms with Crippen LogP contribution in [0.15, 0.2) is 24.3 Å². The van der Waals surface area contributed by atoms with Crippen LogP contribution >= 0.6 is 11.3 Å². The Hall–Kier alpha value is -2.35. The molecule has 0 saturated carbocycles. The Morgan fingerprint density at radius 1 is 1.30 bits per heavy atom. The lowest BCUT2D eigenvalue weighted by Crippen LogP contribution is -2.30. The van der Waals surface area contributed by atoms with E-state index in [2.05, 4.69) is 22.4 Å². The molecule has 0 aliphatic carbocycles. The number of nitrogens with zero attached hydrogens (tertiary/aromatic N) is 3. The maximum absolute atomic E-state index is 13.0. The van der Waals surface area contributed by atoms with Gasteiger partial charge >= 0.3 is 0 Å². The number of carbonyl (C=O) groups is 2. The number of hydrogen-bond donors (Lipinski definition) is 1. The van der Waals surface area contributed by atoms with Crippen LogP contribution in [0.5, 0.6) is 0 Å². The molecule has 1 aromatic heterocycles. The summed E-state index contributed by atoms with van der Waals surface area (Å²) in [5.41, 5.74) is 0.963. The third kappa shape index (κ3) is 5.32. The van der Waals surface area contributed by atoms with Gasteiger partial charge in [0.2, 0.25) is 16.9 Å². The van der Waals surface area contributed by atoms with Gasteiger partial charge in [-0.15, -0.1) is 10.2 Å². The monoisotopic (exact) mass is 390 g/mol. The number of amides is 2. The van der Waals surface area contributed by atoms with E-state index in [0.29, 0.717) is 24.6 Å². The quantitative estimate of drug-likeness (QED) is 0.752. The molecule has 8 heteroatoms. The molecule has 1 N–H and O–H groups in total. The van der Waals surface area contributed by atoms with Gasteiger partial charge < -0.3 is 10.2 Å². The van der Waals surface area contributed by atoms with E-state index in [-0.39, 0.29) is 30.0 Å². The molecule has 3 rings (SSSR count). The predicted molar refractivity (Wildman–Crippen MR) is 102 cm³/mol. The summed E-state index contributed by atoms with van der Waals surface area (Å²) in [6.07, 6.45) is 3.83. The Morgan fingerprint density at radius 2 is 2.07 bits per heavy atom. The highest BCUT2D eigenvalue weighted by Crippen LogP contribution is 2.22. The highest BCUT2D eigenvalue weighted by Gasteiger charge is 2.34. The summed E-state index contributed by atoms with van der Waals surface area (Å²) < 4.78 is 13.0. The van der Waals surface area contributed by atoms with Crippen LogP contribution in [0.4, 0.5) is 9.52 Å². The third-order valence-electron chi connectivity index (χ3n) is 4.61. The average molecular weight is 390 g/mol. The van der Waals surface area contributed by atoms with Gasteiger partial charge in [0.25, 0.3) is 0 Å². The Labute approximate surface area is 161 Å². The molecule has 2 aromatic rings. The lowest BCUT2D eigenvalue weighted by molar-refractivity contribution is -0.128. The van der Waals surface area contributed by atoms with Gasteiger partial charge in [0, 0.05) is 25.9 Å². The number of hydrogen-bond acceptors (Lipinski definition) is 5. The molecule has 2 heterocycles. The summed E-state index contributed by atoms with van der Waals surface area (Å²) in [4.78, 5) is 26.3. The van der Waals surface area contributed by atoms with Gasteiger partial charge in [-0.05, 0) is 30.5 Å². The number of carbonyl (C=O) groups excluding carboxylic acids is 2. The van der Waals surface area contributed by atoms with Crippen molar-refractivity contribution in [2.24, 2.45) is 5.92 Å². The van der Waals surface area contributed by atoms with E-state index in [4.69, 9.17) is 0 Å². The van der Waals surface area contributed by atoms with Crippen molar-refractivity contribution in [2.75, 3.05) is 18.4 Å². The maximum Gasteiger partial charge on any atom is 0.231 e. The largest absolute Gasteiger partial charge is 0.342 e. The lowest BCUT2D eigenvalue weighted by Gasteiger charge is -2.16. The van der Waals surface area contributed by atoms with Crippen LogP contribution in [0.2, 0.25) is 0 Å². The van der Waals surface area contributed by atoms with Gasteiger partial charge in [0.1, 0.15) is 10.8 Å². The molecule has 1 atom stereocenters. The van der Waals surface area contributed by atoms with E-state index in [0.717, 1.165) is 29.8 Å². The molecular formula is C19H23FN4O2S. The third-order valence-corrected chi connectivity index (χ3v) is 5.51. The SMILES string of the molecule is CCCCc1nnc(NC(=O)C2CC(=O)N(CCc3ccc(F)cc3)C2)s1. The summed E-state index contributed by atoms with van der Waals surface area (Å²) >= 11 is 1.39. The van der Waals surface area contributed by atoms with Gasteiger partial charge in [-0.2, -0.15) is 0 Å². The maximum atomic E-state index is 13.0. The summed E-state index contributed by atoms with van der Waals surface area (Å²) in [5.74, 6) is -0.875. The molecule has 6 nitrogen and oxygen atoms in total. The first-order valence-electron chi connectivity index (χ1n) is 9.20. The first kappa shape index (κ1) is 19.4. The summed E-state index contributed by atoms with van der Waals surface area (Å²) in [6.45, 7) is 3.03. The number of halogens is 1. The van der Waals surface area contributed by atoms with Crippen molar-refractivity contribution >= 4 is 28.3 Å². The minimum absolute atomic E-state index is 0.0295. The molecule has 1 aromatic carbocycles. The zero-order valence-corrected chi connectivity index (χ0v) is 16.1. The molecule has 0 bridgehead atoms. The van der Waals surface area contributed by atoms with Crippen LogP contribution in [0.1, 0.15) is 36.8 Å². The van der Waals surface area contributed by atoms with Gasteiger partial charge in [-0.3, -0.25) is 9.59 Å². The van der Waals surface area contributed by atoms with Gasteiger partial charge in [-0.1, -0.05) is 36.8 Å². The molecule has 144 valence electrons. The number of anilines is 1. The summed E-state index contributed by atoms with van der Waals surface area (Å²) in [6, 6.07) is 6.25. The second-order valence-electron chi connectivity index (χ2n) is 6.71. The van der Waals surface area contributed by atoms with E-state index >= 15 is 0 Å². The number of likely N-dealkylation sites (tertiary alicyclic amines) is 1. The lowest BCUT2D eigenvalue weighted by atomic mass is 10.1. The van der Waals surface area contributed by atoms with Crippen LogP contribution in [0.25, 0.3) is 0 Å². The fourth-order valence-corrected chi connectivity index (χ4v) is 3.80. The molecule has 1 unspecified atom stereocenters. The Balaban J connectivity index is 1.49. The second-order valence-corrected chi connectivity index (χ2v) is 7.77. The van der Waals surface area contributed by atoms with Crippen LogP contribution in [0, 0.1) is 11.7 Å². The Bertz CT molecular complexity index is 793. The van der Waals surface area contributed by atoms with Crippen molar-refractivity contribution in [1.82, 2.24) is 15.1 Å². The molecule has 0 radical (unpaired) electrons. The first-order valence-corrected chi connectivity index (χ1v) is 10.0. The van der Waals surface area contributed by atoms with Crippen molar-refractivity contribution in [1.29, 1.82) is 0 Å². The van der Waals surface area contributed by atoms with Crippen molar-refractivity contribution in [2.45, 2.75) is 39.0 Å². The summed E-state index contributed by atoms with van der Waals surface area (Å²) in [7, 11) is 0. The molecule has 1 saturated heterocycles. The molecule has 0 spiro atoms. The van der Waals surface area contributed by atoms with E-state index < -0.39 is 0 Å². The van der Waals surface area contributed by atoms with E-state index in [1.165, 1.54) is 23.5 Å². The van der Waals surface area contributed by atoms with Gasteiger partial charge in [0.15, 0.2) is 0 Å². The number of rotatable bonds is 8. The molecular weight excluding hydrogens is 367 g/mol. The minimum Gasteiger partial charge on any atom is -0.342 e. The minimum atomic E-state index is -0.381. The fraction of sp³-hybridized carbons (Fsp3) is 0.474. The van der Waals surface area contributed by atoms with Crippen molar-refractivity contribution in [3.05, 3.63) is 40.7 Å². The molecule has 2 amide bonds. The number of benzene rings is 1. The highest BCUT2D eigenvalue weighted by molar-refractivity contribution is 7.15. The topological polar surface area (TPSA) is 75.2 Å². The summed E-state index contributed by atoms with van der Waals surface area (Å²) in [5, 5.41) is 12.3. The van der Waals surface area contributed by atoms with E-state index in [1.807, 2.05) is 0 Å². The van der Waals surface area contributed by atoms with E-state index in [9.17, 15) is 14.0 Å². The zero-order valence-electron chi connectivity index (χ0n) is 15.3. The second kappa shape index (κ2) is 9.03. The fourth-order valence-electron chi connectivity index (χ4n) is 3.02.